The molecule has 4 aromatic heterocycles. The normalized spacial score (nSPS) is 21.8. The van der Waals surface area contributed by atoms with Gasteiger partial charge in [-0.25, -0.2) is 19.5 Å². The summed E-state index contributed by atoms with van der Waals surface area (Å²) in [6.07, 6.45) is 9.99. The Kier molecular flexibility index (Phi) is 4.80. The van der Waals surface area contributed by atoms with E-state index in [1.54, 1.807) is 0 Å². The van der Waals surface area contributed by atoms with E-state index in [1.807, 2.05) is 30.2 Å². The molecule has 6 rings (SSSR count). The highest BCUT2D eigenvalue weighted by atomic mass is 16.5. The van der Waals surface area contributed by atoms with Gasteiger partial charge >= 0.3 is 0 Å². The zero-order chi connectivity index (χ0) is 21.7. The minimum Gasteiger partial charge on any atom is -0.381 e. The number of anilines is 1. The molecular formula is C23H28N8O. The van der Waals surface area contributed by atoms with Gasteiger partial charge in [0.25, 0.3) is 0 Å². The zero-order valence-electron chi connectivity index (χ0n) is 18.5. The minimum atomic E-state index is 0.405. The van der Waals surface area contributed by atoms with Crippen LogP contribution < -0.4 is 10.6 Å². The molecule has 0 atom stereocenters. The highest BCUT2D eigenvalue weighted by molar-refractivity contribution is 5.85. The van der Waals surface area contributed by atoms with E-state index in [0.717, 1.165) is 72.5 Å². The summed E-state index contributed by atoms with van der Waals surface area (Å²) in [5, 5.41) is 11.4. The molecule has 2 fully saturated rings. The number of hydrogen-bond donors (Lipinski definition) is 2. The van der Waals surface area contributed by atoms with E-state index < -0.39 is 0 Å². The van der Waals surface area contributed by atoms with Gasteiger partial charge in [0.05, 0.1) is 17.2 Å². The first-order chi connectivity index (χ1) is 15.7. The number of aryl methyl sites for hydroxylation is 1. The first kappa shape index (κ1) is 19.6. The van der Waals surface area contributed by atoms with Gasteiger partial charge in [-0.3, -0.25) is 0 Å². The van der Waals surface area contributed by atoms with Gasteiger partial charge in [0, 0.05) is 54.9 Å². The molecule has 1 aliphatic heterocycles. The Hall–Kier alpha value is -3.04. The number of ether oxygens (including phenoxy) is 1. The average Bonchev–Trinajstić information content (AvgIpc) is 3.35. The highest BCUT2D eigenvalue weighted by Gasteiger charge is 2.28. The van der Waals surface area contributed by atoms with Gasteiger partial charge in [-0.05, 0) is 51.8 Å². The van der Waals surface area contributed by atoms with Crippen LogP contribution in [0.3, 0.4) is 0 Å². The number of hydrogen-bond acceptors (Lipinski definition) is 7. The van der Waals surface area contributed by atoms with Crippen LogP contribution in [0, 0.1) is 6.92 Å². The van der Waals surface area contributed by atoms with Gasteiger partial charge in [-0.1, -0.05) is 0 Å². The Labute approximate surface area is 186 Å². The fraction of sp³-hybridized carbons (Fsp3) is 0.478. The van der Waals surface area contributed by atoms with Crippen LogP contribution in [0.1, 0.15) is 37.5 Å². The number of rotatable bonds is 5. The molecule has 5 heterocycles. The van der Waals surface area contributed by atoms with Gasteiger partial charge < -0.3 is 19.9 Å². The van der Waals surface area contributed by atoms with Crippen LogP contribution in [0.15, 0.2) is 30.7 Å². The second-order valence-electron chi connectivity index (χ2n) is 8.88. The van der Waals surface area contributed by atoms with Crippen molar-refractivity contribution in [3.63, 3.8) is 0 Å². The maximum atomic E-state index is 5.56. The van der Waals surface area contributed by atoms with Gasteiger partial charge in [0.1, 0.15) is 5.82 Å². The Bertz CT molecular complexity index is 1270. The van der Waals surface area contributed by atoms with Crippen molar-refractivity contribution < 1.29 is 4.74 Å². The molecule has 9 nitrogen and oxygen atoms in total. The van der Waals surface area contributed by atoms with Crippen molar-refractivity contribution in [3.8, 4) is 11.1 Å². The molecule has 1 saturated carbocycles. The minimum absolute atomic E-state index is 0.405. The third-order valence-electron chi connectivity index (χ3n) is 6.89. The number of nitrogens with zero attached hydrogens (tertiary/aromatic N) is 6. The lowest BCUT2D eigenvalue weighted by Crippen LogP contribution is -2.46. The number of fused-ring (bicyclic) bond motifs is 2. The molecule has 0 spiro atoms. The first-order valence-corrected chi connectivity index (χ1v) is 11.4. The highest BCUT2D eigenvalue weighted by Crippen LogP contribution is 2.31. The van der Waals surface area contributed by atoms with Crippen LogP contribution in [0.2, 0.25) is 0 Å². The molecule has 32 heavy (non-hydrogen) atoms. The molecule has 0 radical (unpaired) electrons. The zero-order valence-corrected chi connectivity index (χ0v) is 18.5. The summed E-state index contributed by atoms with van der Waals surface area (Å²) in [5.41, 5.74) is 4.96. The fourth-order valence-electron chi connectivity index (χ4n) is 5.01. The monoisotopic (exact) mass is 432 g/mol. The maximum Gasteiger partial charge on any atom is 0.241 e. The number of pyridine rings is 1. The van der Waals surface area contributed by atoms with Crippen molar-refractivity contribution in [2.45, 2.75) is 50.7 Å². The van der Waals surface area contributed by atoms with E-state index in [9.17, 15) is 0 Å². The molecule has 2 aliphatic rings. The van der Waals surface area contributed by atoms with E-state index in [2.05, 4.69) is 49.3 Å². The second-order valence-corrected chi connectivity index (χ2v) is 8.88. The number of imidazole rings is 1. The third-order valence-corrected chi connectivity index (χ3v) is 6.89. The Morgan fingerprint density at radius 2 is 1.91 bits per heavy atom. The van der Waals surface area contributed by atoms with Crippen LogP contribution in [-0.2, 0) is 4.74 Å². The lowest BCUT2D eigenvalue weighted by molar-refractivity contribution is 0.0701. The third kappa shape index (κ3) is 3.32. The topological polar surface area (TPSA) is 94.2 Å². The van der Waals surface area contributed by atoms with Gasteiger partial charge in [0.15, 0.2) is 5.65 Å². The van der Waals surface area contributed by atoms with E-state index in [0.29, 0.717) is 24.1 Å². The van der Waals surface area contributed by atoms with Crippen molar-refractivity contribution in [1.82, 2.24) is 34.4 Å². The summed E-state index contributed by atoms with van der Waals surface area (Å²) < 4.78 is 9.79. The molecule has 166 valence electrons. The lowest BCUT2D eigenvalue weighted by Gasteiger charge is -2.35. The quantitative estimate of drug-likeness (QED) is 0.501. The van der Waals surface area contributed by atoms with E-state index in [-0.39, 0.29) is 0 Å². The molecule has 9 heteroatoms. The first-order valence-electron chi connectivity index (χ1n) is 11.4. The van der Waals surface area contributed by atoms with Gasteiger partial charge in [0.2, 0.25) is 5.95 Å². The van der Waals surface area contributed by atoms with Gasteiger partial charge in [-0.15, -0.1) is 5.10 Å². The number of aromatic nitrogens is 6. The van der Waals surface area contributed by atoms with E-state index in [1.165, 1.54) is 0 Å². The molecule has 0 aromatic carbocycles. The summed E-state index contributed by atoms with van der Waals surface area (Å²) in [6.45, 7) is 3.66. The summed E-state index contributed by atoms with van der Waals surface area (Å²) in [6, 6.07) is 5.71. The number of nitrogens with one attached hydrogen (secondary N) is 2. The van der Waals surface area contributed by atoms with Crippen molar-refractivity contribution in [3.05, 3.63) is 36.5 Å². The van der Waals surface area contributed by atoms with Crippen molar-refractivity contribution in [2.75, 3.05) is 25.6 Å². The molecule has 0 unspecified atom stereocenters. The summed E-state index contributed by atoms with van der Waals surface area (Å²) in [4.78, 5) is 14.0. The van der Waals surface area contributed by atoms with Crippen LogP contribution in [0.25, 0.3) is 27.8 Å². The predicted molar refractivity (Wildman–Crippen MR) is 123 cm³/mol. The molecule has 1 saturated heterocycles. The van der Waals surface area contributed by atoms with Crippen LogP contribution in [-0.4, -0.2) is 61.5 Å². The van der Waals surface area contributed by atoms with Crippen LogP contribution in [0.5, 0.6) is 0 Å². The van der Waals surface area contributed by atoms with Crippen molar-refractivity contribution >= 4 is 22.6 Å². The summed E-state index contributed by atoms with van der Waals surface area (Å²) >= 11 is 0. The smallest absolute Gasteiger partial charge is 0.241 e. The Morgan fingerprint density at radius 3 is 2.72 bits per heavy atom. The van der Waals surface area contributed by atoms with E-state index in [4.69, 9.17) is 9.72 Å². The van der Waals surface area contributed by atoms with Gasteiger partial charge in [-0.2, -0.15) is 0 Å². The average molecular weight is 433 g/mol. The Morgan fingerprint density at radius 1 is 1.06 bits per heavy atom. The predicted octanol–water partition coefficient (Wildman–Crippen LogP) is 2.96. The lowest BCUT2D eigenvalue weighted by atomic mass is 9.87. The van der Waals surface area contributed by atoms with Crippen molar-refractivity contribution in [2.24, 2.45) is 0 Å². The molecule has 0 bridgehead atoms. The van der Waals surface area contributed by atoms with Crippen LogP contribution >= 0.6 is 0 Å². The SMILES string of the molecule is CN[C@H]1C[C@H](Nc2ncc3c(-c4cnc5nc(C)n(C6CCOCC6)c5c4)ccn3n2)C1. The van der Waals surface area contributed by atoms with Crippen molar-refractivity contribution in [1.29, 1.82) is 0 Å². The summed E-state index contributed by atoms with van der Waals surface area (Å²) in [5.74, 6) is 1.68. The molecule has 4 aromatic rings. The second kappa shape index (κ2) is 7.83. The fourth-order valence-corrected chi connectivity index (χ4v) is 5.01. The summed E-state index contributed by atoms with van der Waals surface area (Å²) in [7, 11) is 2.01. The molecule has 2 N–H and O–H groups in total. The van der Waals surface area contributed by atoms with E-state index >= 15 is 0 Å². The largest absolute Gasteiger partial charge is 0.381 e. The standard InChI is InChI=1S/C23H28N8O/c1-14-27-22-20(31(14)18-4-7-32-8-5-18)9-15(12-25-22)19-3-6-30-21(19)13-26-23(29-30)28-17-10-16(11-17)24-2/h3,6,9,12-13,16-18,24H,4-5,7-8,10-11H2,1-2H3,(H,28,29)/t16-,17-. The molecule has 0 amide bonds. The maximum absolute atomic E-state index is 5.56. The molecular weight excluding hydrogens is 404 g/mol. The van der Waals surface area contributed by atoms with Crippen LogP contribution in [0.4, 0.5) is 5.95 Å². The Balaban J connectivity index is 1.32. The molecule has 1 aliphatic carbocycles.